The van der Waals surface area contributed by atoms with Gasteiger partial charge in [-0.1, -0.05) is 0 Å². The molecule has 1 fully saturated rings. The van der Waals surface area contributed by atoms with Crippen molar-refractivity contribution in [2.24, 2.45) is 0 Å². The topological polar surface area (TPSA) is 101 Å². The summed E-state index contributed by atoms with van der Waals surface area (Å²) in [6, 6.07) is 0. The van der Waals surface area contributed by atoms with Gasteiger partial charge in [0, 0.05) is 0 Å². The summed E-state index contributed by atoms with van der Waals surface area (Å²) in [7, 11) is 0. The van der Waals surface area contributed by atoms with Gasteiger partial charge in [0.25, 0.3) is 0 Å². The van der Waals surface area contributed by atoms with Crippen LogP contribution in [0.15, 0.2) is 0 Å². The second-order valence-corrected chi connectivity index (χ2v) is 4.99. The van der Waals surface area contributed by atoms with Crippen molar-refractivity contribution in [1.82, 2.24) is 0 Å². The molecule has 0 spiro atoms. The van der Waals surface area contributed by atoms with Crippen LogP contribution in [0.5, 0.6) is 0 Å². The third-order valence-electron chi connectivity index (χ3n) is 1.56. The first-order chi connectivity index (χ1) is 5.04. The van der Waals surface area contributed by atoms with E-state index in [1.54, 1.807) is 0 Å². The summed E-state index contributed by atoms with van der Waals surface area (Å²) in [5, 5.41) is 42.7. The van der Waals surface area contributed by atoms with Gasteiger partial charge in [0.05, 0.1) is 0 Å². The quantitative estimate of drug-likeness (QED) is 0.276. The maximum absolute atomic E-state index is 8.98. The Bertz CT molecular complexity index is 129. The molecular weight excluding hydrogens is 219 g/mol. The Hall–Kier alpha value is 0.319. The summed E-state index contributed by atoms with van der Waals surface area (Å²) in [4.78, 5) is 0. The first kappa shape index (κ1) is 9.41. The normalized spacial score (nSPS) is 52.6. The Morgan fingerprint density at radius 1 is 0.636 bits per heavy atom. The average molecular weight is 229 g/mol. The molecule has 0 aromatic carbocycles. The first-order valence-corrected chi connectivity index (χ1v) is 5.07. The van der Waals surface area contributed by atoms with E-state index in [1.165, 1.54) is 0 Å². The monoisotopic (exact) mass is 230 g/mol. The summed E-state index contributed by atoms with van der Waals surface area (Å²) in [5.74, 6) is 0. The van der Waals surface area contributed by atoms with E-state index < -0.39 is 43.3 Å². The summed E-state index contributed by atoms with van der Waals surface area (Å²) < 4.78 is 0. The minimum absolute atomic E-state index is 0.655. The minimum atomic E-state index is -1.45. The van der Waals surface area contributed by atoms with Gasteiger partial charge < -0.3 is 0 Å². The van der Waals surface area contributed by atoms with Crippen LogP contribution in [0.2, 0.25) is 0 Å². The molecule has 0 aromatic heterocycles. The molecule has 4 unspecified atom stereocenters. The molecule has 0 aliphatic carbocycles. The summed E-state index contributed by atoms with van der Waals surface area (Å²) >= 11 is -0.655. The third-order valence-corrected chi connectivity index (χ3v) is 3.90. The van der Waals surface area contributed by atoms with Gasteiger partial charge in [-0.3, -0.25) is 0 Å². The molecule has 5 nitrogen and oxygen atoms in total. The summed E-state index contributed by atoms with van der Waals surface area (Å²) in [5.41, 5.74) is 0. The van der Waals surface area contributed by atoms with Gasteiger partial charge in [-0.05, 0) is 0 Å². The number of hydrogen-bond acceptors (Lipinski definition) is 5. The van der Waals surface area contributed by atoms with Gasteiger partial charge in [-0.25, -0.2) is 0 Å². The Labute approximate surface area is 69.4 Å². The van der Waals surface area contributed by atoms with E-state index >= 15 is 0 Å². The summed E-state index contributed by atoms with van der Waals surface area (Å²) in [6.07, 6.45) is -4.13. The molecule has 0 radical (unpaired) electrons. The fraction of sp³-hybridized carbons (Fsp3) is 1.00. The zero-order chi connectivity index (χ0) is 8.59. The van der Waals surface area contributed by atoms with E-state index in [0.29, 0.717) is 0 Å². The Morgan fingerprint density at radius 2 is 1.00 bits per heavy atom. The summed E-state index contributed by atoms with van der Waals surface area (Å²) in [6.45, 7) is 0. The predicted octanol–water partition coefficient (Wildman–Crippen LogP) is -3.58. The second-order valence-electron chi connectivity index (χ2n) is 2.39. The van der Waals surface area contributed by atoms with Crippen LogP contribution in [-0.2, 0) is 0 Å². The Morgan fingerprint density at radius 3 is 1.36 bits per heavy atom. The van der Waals surface area contributed by atoms with Crippen LogP contribution >= 0.6 is 0 Å². The van der Waals surface area contributed by atoms with Crippen LogP contribution < -0.4 is 0 Å². The number of aliphatic hydroxyl groups is 5. The molecule has 0 bridgehead atoms. The molecule has 1 aliphatic heterocycles. The molecule has 11 heavy (non-hydrogen) atoms. The van der Waals surface area contributed by atoms with E-state index in [-0.39, 0.29) is 0 Å². The molecule has 1 rings (SSSR count). The van der Waals surface area contributed by atoms with Crippen LogP contribution in [0.3, 0.4) is 0 Å². The van der Waals surface area contributed by atoms with Crippen LogP contribution in [-0.4, -0.2) is 68.8 Å². The second kappa shape index (κ2) is 3.37. The van der Waals surface area contributed by atoms with Crippen molar-refractivity contribution in [3.05, 3.63) is 0 Å². The SMILES string of the molecule is OC1[Se]C(O)C(O)C(O)C1O. The molecule has 1 aliphatic rings. The van der Waals surface area contributed by atoms with Gasteiger partial charge in [0.2, 0.25) is 0 Å². The molecule has 6 heteroatoms. The van der Waals surface area contributed by atoms with Crippen molar-refractivity contribution in [1.29, 1.82) is 0 Å². The molecular formula is C5H10O5Se. The van der Waals surface area contributed by atoms with Crippen LogP contribution in [0.4, 0.5) is 0 Å². The molecule has 5 N–H and O–H groups in total. The van der Waals surface area contributed by atoms with Gasteiger partial charge in [-0.2, -0.15) is 0 Å². The van der Waals surface area contributed by atoms with Crippen LogP contribution in [0.25, 0.3) is 0 Å². The third kappa shape index (κ3) is 1.73. The molecule has 0 aromatic rings. The molecule has 4 atom stereocenters. The Balaban J connectivity index is 2.63. The number of hydrogen-bond donors (Lipinski definition) is 5. The number of rotatable bonds is 0. The fourth-order valence-corrected chi connectivity index (χ4v) is 2.79. The fourth-order valence-electron chi connectivity index (χ4n) is 0.843. The van der Waals surface area contributed by atoms with Crippen LogP contribution in [0.1, 0.15) is 0 Å². The van der Waals surface area contributed by atoms with Gasteiger partial charge in [-0.15, -0.1) is 0 Å². The van der Waals surface area contributed by atoms with E-state index in [1.807, 2.05) is 0 Å². The number of aliphatic hydroxyl groups excluding tert-OH is 5. The van der Waals surface area contributed by atoms with Crippen molar-refractivity contribution in [3.63, 3.8) is 0 Å². The van der Waals surface area contributed by atoms with Gasteiger partial charge in [0.1, 0.15) is 0 Å². The molecule has 1 saturated heterocycles. The molecule has 0 saturated carbocycles. The molecule has 1 heterocycles. The van der Waals surface area contributed by atoms with E-state index in [0.717, 1.165) is 0 Å². The Kier molecular flexibility index (Phi) is 2.88. The van der Waals surface area contributed by atoms with Crippen molar-refractivity contribution < 1.29 is 25.5 Å². The van der Waals surface area contributed by atoms with E-state index in [4.69, 9.17) is 25.5 Å². The van der Waals surface area contributed by atoms with Crippen molar-refractivity contribution in [2.75, 3.05) is 0 Å². The standard InChI is InChI=1S/C5H10O5Se/c6-1-2(7)4(9)11-5(10)3(1)8/h1-10H. The molecule has 0 amide bonds. The van der Waals surface area contributed by atoms with Gasteiger partial charge in [0.15, 0.2) is 0 Å². The predicted molar refractivity (Wildman–Crippen MR) is 35.8 cm³/mol. The van der Waals surface area contributed by atoms with Crippen molar-refractivity contribution in [3.8, 4) is 0 Å². The van der Waals surface area contributed by atoms with E-state index in [2.05, 4.69) is 0 Å². The van der Waals surface area contributed by atoms with Gasteiger partial charge >= 0.3 is 68.8 Å². The van der Waals surface area contributed by atoms with Crippen molar-refractivity contribution in [2.45, 2.75) is 28.3 Å². The average Bonchev–Trinajstić information content (AvgIpc) is 1.97. The zero-order valence-corrected chi connectivity index (χ0v) is 7.24. The maximum atomic E-state index is 8.98. The van der Waals surface area contributed by atoms with Crippen molar-refractivity contribution >= 4 is 15.0 Å². The van der Waals surface area contributed by atoms with Crippen LogP contribution in [0, 0.1) is 0 Å². The zero-order valence-electron chi connectivity index (χ0n) is 5.53. The molecule has 66 valence electrons. The van der Waals surface area contributed by atoms with E-state index in [9.17, 15) is 0 Å². The first-order valence-electron chi connectivity index (χ1n) is 3.10.